The highest BCUT2D eigenvalue weighted by Gasteiger charge is 2.34. The fourth-order valence-corrected chi connectivity index (χ4v) is 2.55. The van der Waals surface area contributed by atoms with Crippen LogP contribution in [0.2, 0.25) is 5.02 Å². The molecule has 0 spiro atoms. The van der Waals surface area contributed by atoms with Crippen molar-refractivity contribution in [2.24, 2.45) is 0 Å². The third-order valence-electron chi connectivity index (χ3n) is 2.12. The topological polar surface area (TPSA) is 40.5 Å². The van der Waals surface area contributed by atoms with Crippen molar-refractivity contribution in [2.75, 3.05) is 19.7 Å². The molecule has 8 heteroatoms. The van der Waals surface area contributed by atoms with Crippen LogP contribution in [0.5, 0.6) is 0 Å². The third kappa shape index (κ3) is 3.86. The SMILES string of the molecule is Cc1csc(C(=O)N(CCO)CC(F)(F)F)c1Cl. The predicted molar refractivity (Wildman–Crippen MR) is 63.1 cm³/mol. The molecule has 0 unspecified atom stereocenters. The summed E-state index contributed by atoms with van der Waals surface area (Å²) in [5.74, 6) is -0.815. The van der Waals surface area contributed by atoms with E-state index in [9.17, 15) is 18.0 Å². The quantitative estimate of drug-likeness (QED) is 0.929. The lowest BCUT2D eigenvalue weighted by Gasteiger charge is -2.22. The van der Waals surface area contributed by atoms with E-state index in [1.54, 1.807) is 12.3 Å². The minimum atomic E-state index is -4.51. The molecule has 18 heavy (non-hydrogen) atoms. The normalized spacial score (nSPS) is 11.7. The molecule has 0 saturated carbocycles. The monoisotopic (exact) mass is 301 g/mol. The second kappa shape index (κ2) is 5.90. The number of halogens is 4. The van der Waals surface area contributed by atoms with Crippen LogP contribution < -0.4 is 0 Å². The Morgan fingerprint density at radius 3 is 2.56 bits per heavy atom. The van der Waals surface area contributed by atoms with Gasteiger partial charge in [-0.1, -0.05) is 11.6 Å². The van der Waals surface area contributed by atoms with Crippen molar-refractivity contribution in [3.05, 3.63) is 20.8 Å². The third-order valence-corrected chi connectivity index (χ3v) is 3.81. The van der Waals surface area contributed by atoms with Crippen molar-refractivity contribution >= 4 is 28.8 Å². The summed E-state index contributed by atoms with van der Waals surface area (Å²) < 4.78 is 36.9. The fourth-order valence-electron chi connectivity index (χ4n) is 1.31. The molecule has 1 amide bonds. The first-order chi connectivity index (χ1) is 8.26. The first-order valence-corrected chi connectivity index (χ1v) is 6.22. The summed E-state index contributed by atoms with van der Waals surface area (Å²) in [6, 6.07) is 0. The van der Waals surface area contributed by atoms with Crippen molar-refractivity contribution < 1.29 is 23.1 Å². The zero-order valence-corrected chi connectivity index (χ0v) is 11.0. The molecule has 0 saturated heterocycles. The number of hydrogen-bond donors (Lipinski definition) is 1. The summed E-state index contributed by atoms with van der Waals surface area (Å²) in [5, 5.41) is 10.5. The van der Waals surface area contributed by atoms with Crippen molar-refractivity contribution in [3.8, 4) is 0 Å². The van der Waals surface area contributed by atoms with Gasteiger partial charge in [0, 0.05) is 6.54 Å². The van der Waals surface area contributed by atoms with Crippen LogP contribution in [0.15, 0.2) is 5.38 Å². The molecule has 1 aromatic heterocycles. The van der Waals surface area contributed by atoms with Gasteiger partial charge in [-0.25, -0.2) is 0 Å². The van der Waals surface area contributed by atoms with Crippen LogP contribution in [0, 0.1) is 6.92 Å². The lowest BCUT2D eigenvalue weighted by atomic mass is 10.3. The molecular formula is C10H11ClF3NO2S. The first kappa shape index (κ1) is 15.3. The number of aliphatic hydroxyl groups excluding tert-OH is 1. The Kier molecular flexibility index (Phi) is 5.01. The second-order valence-corrected chi connectivity index (χ2v) is 4.88. The molecule has 1 aromatic rings. The lowest BCUT2D eigenvalue weighted by molar-refractivity contribution is -0.141. The lowest BCUT2D eigenvalue weighted by Crippen LogP contribution is -2.40. The van der Waals surface area contributed by atoms with Crippen LogP contribution in [0.3, 0.4) is 0 Å². The van der Waals surface area contributed by atoms with Gasteiger partial charge >= 0.3 is 6.18 Å². The molecule has 0 fully saturated rings. The maximum atomic E-state index is 12.3. The minimum Gasteiger partial charge on any atom is -0.395 e. The number of alkyl halides is 3. The van der Waals surface area contributed by atoms with Crippen molar-refractivity contribution in [2.45, 2.75) is 13.1 Å². The van der Waals surface area contributed by atoms with E-state index in [-0.39, 0.29) is 16.4 Å². The largest absolute Gasteiger partial charge is 0.406 e. The van der Waals surface area contributed by atoms with E-state index in [1.165, 1.54) is 0 Å². The highest BCUT2D eigenvalue weighted by molar-refractivity contribution is 7.13. The Morgan fingerprint density at radius 2 is 2.17 bits per heavy atom. The zero-order chi connectivity index (χ0) is 13.9. The van der Waals surface area contributed by atoms with Gasteiger partial charge < -0.3 is 10.0 Å². The standard InChI is InChI=1S/C10H11ClF3NO2S/c1-6-4-18-8(7(6)11)9(17)15(2-3-16)5-10(12,13)14/h4,16H,2-3,5H2,1H3. The molecule has 1 heterocycles. The number of nitrogens with zero attached hydrogens (tertiary/aromatic N) is 1. The number of hydrogen-bond acceptors (Lipinski definition) is 3. The van der Waals surface area contributed by atoms with E-state index >= 15 is 0 Å². The number of carbonyl (C=O) groups is 1. The molecular weight excluding hydrogens is 291 g/mol. The Labute approximate surface area is 111 Å². The van der Waals surface area contributed by atoms with Gasteiger partial charge in [-0.05, 0) is 17.9 Å². The predicted octanol–water partition coefficient (Wildman–Crippen LogP) is 2.71. The summed E-state index contributed by atoms with van der Waals surface area (Å²) >= 11 is 6.83. The second-order valence-electron chi connectivity index (χ2n) is 3.63. The van der Waals surface area contributed by atoms with Crippen molar-refractivity contribution in [3.63, 3.8) is 0 Å². The van der Waals surface area contributed by atoms with Gasteiger partial charge in [-0.15, -0.1) is 11.3 Å². The van der Waals surface area contributed by atoms with E-state index in [0.29, 0.717) is 10.5 Å². The Bertz CT molecular complexity index is 433. The molecule has 1 rings (SSSR count). The van der Waals surface area contributed by atoms with Gasteiger partial charge in [-0.2, -0.15) is 13.2 Å². The van der Waals surface area contributed by atoms with Gasteiger partial charge in [0.1, 0.15) is 11.4 Å². The van der Waals surface area contributed by atoms with E-state index in [2.05, 4.69) is 0 Å². The maximum absolute atomic E-state index is 12.3. The number of thiophene rings is 1. The minimum absolute atomic E-state index is 0.0619. The molecule has 3 nitrogen and oxygen atoms in total. The highest BCUT2D eigenvalue weighted by atomic mass is 35.5. The maximum Gasteiger partial charge on any atom is 0.406 e. The van der Waals surface area contributed by atoms with Crippen LogP contribution in [-0.4, -0.2) is 41.8 Å². The summed E-state index contributed by atoms with van der Waals surface area (Å²) in [6.45, 7) is -0.662. The van der Waals surface area contributed by atoms with Crippen LogP contribution in [-0.2, 0) is 0 Å². The van der Waals surface area contributed by atoms with Gasteiger partial charge in [0.05, 0.1) is 11.6 Å². The number of aryl methyl sites for hydroxylation is 1. The zero-order valence-electron chi connectivity index (χ0n) is 9.42. The summed E-state index contributed by atoms with van der Waals surface area (Å²) in [5.41, 5.74) is 0.640. The summed E-state index contributed by atoms with van der Waals surface area (Å²) in [6.07, 6.45) is -4.51. The van der Waals surface area contributed by atoms with Crippen LogP contribution >= 0.6 is 22.9 Å². The van der Waals surface area contributed by atoms with Gasteiger partial charge in [-0.3, -0.25) is 4.79 Å². The van der Waals surface area contributed by atoms with Gasteiger partial charge in [0.25, 0.3) is 5.91 Å². The smallest absolute Gasteiger partial charge is 0.395 e. The molecule has 102 valence electrons. The molecule has 0 aliphatic carbocycles. The highest BCUT2D eigenvalue weighted by Crippen LogP contribution is 2.29. The summed E-state index contributed by atoms with van der Waals surface area (Å²) in [7, 11) is 0. The average Bonchev–Trinajstić information content (AvgIpc) is 2.56. The Balaban J connectivity index is 2.92. The Hall–Kier alpha value is -0.790. The Morgan fingerprint density at radius 1 is 1.56 bits per heavy atom. The first-order valence-electron chi connectivity index (χ1n) is 4.96. The van der Waals surface area contributed by atoms with Crippen molar-refractivity contribution in [1.82, 2.24) is 4.90 Å². The molecule has 0 radical (unpaired) electrons. The van der Waals surface area contributed by atoms with Gasteiger partial charge in [0.15, 0.2) is 0 Å². The average molecular weight is 302 g/mol. The molecule has 0 bridgehead atoms. The van der Waals surface area contributed by atoms with E-state index in [4.69, 9.17) is 16.7 Å². The van der Waals surface area contributed by atoms with Crippen LogP contribution in [0.4, 0.5) is 13.2 Å². The summed E-state index contributed by atoms with van der Waals surface area (Å²) in [4.78, 5) is 12.5. The number of carbonyl (C=O) groups excluding carboxylic acids is 1. The molecule has 0 aromatic carbocycles. The van der Waals surface area contributed by atoms with E-state index in [1.807, 2.05) is 0 Å². The van der Waals surface area contributed by atoms with Crippen molar-refractivity contribution in [1.29, 1.82) is 0 Å². The van der Waals surface area contributed by atoms with E-state index < -0.39 is 25.2 Å². The van der Waals surface area contributed by atoms with E-state index in [0.717, 1.165) is 11.3 Å². The van der Waals surface area contributed by atoms with Crippen LogP contribution in [0.25, 0.3) is 0 Å². The van der Waals surface area contributed by atoms with Gasteiger partial charge in [0.2, 0.25) is 0 Å². The molecule has 1 N–H and O–H groups in total. The number of amides is 1. The molecule has 0 atom stereocenters. The number of aliphatic hydroxyl groups is 1. The number of rotatable bonds is 4. The molecule has 0 aliphatic heterocycles. The fraction of sp³-hybridized carbons (Fsp3) is 0.500. The van der Waals surface area contributed by atoms with Crippen LogP contribution in [0.1, 0.15) is 15.2 Å². The molecule has 0 aliphatic rings.